The van der Waals surface area contributed by atoms with Gasteiger partial charge in [0.1, 0.15) is 12.4 Å². The van der Waals surface area contributed by atoms with Gasteiger partial charge in [-0.3, -0.25) is 0 Å². The highest BCUT2D eigenvalue weighted by molar-refractivity contribution is 5.86. The third-order valence-electron chi connectivity index (χ3n) is 1.68. The van der Waals surface area contributed by atoms with Crippen LogP contribution in [0.25, 0.3) is 0 Å². The van der Waals surface area contributed by atoms with E-state index in [4.69, 9.17) is 9.47 Å². The summed E-state index contributed by atoms with van der Waals surface area (Å²) < 4.78 is 9.97. The molecule has 0 amide bonds. The molecule has 0 fully saturated rings. The van der Waals surface area contributed by atoms with Gasteiger partial charge in [-0.15, -0.1) is 0 Å². The van der Waals surface area contributed by atoms with Gasteiger partial charge in [-0.2, -0.15) is 0 Å². The van der Waals surface area contributed by atoms with Crippen LogP contribution in [-0.2, 0) is 14.3 Å². The number of ether oxygens (including phenoxy) is 2. The number of cyclic esters (lactones) is 1. The molecule has 0 unspecified atom stereocenters. The Hall–Kier alpha value is -1.25. The van der Waals surface area contributed by atoms with Gasteiger partial charge in [-0.25, -0.2) is 4.79 Å². The fourth-order valence-corrected chi connectivity index (χ4v) is 1.16. The lowest BCUT2D eigenvalue weighted by molar-refractivity contribution is -0.134. The SMILES string of the molecule is O=C1C=C(C2=CCCO2)CO1. The number of rotatable bonds is 1. The molecule has 2 aliphatic rings. The van der Waals surface area contributed by atoms with Gasteiger partial charge < -0.3 is 9.47 Å². The van der Waals surface area contributed by atoms with E-state index >= 15 is 0 Å². The lowest BCUT2D eigenvalue weighted by Gasteiger charge is -2.01. The molecule has 0 N–H and O–H groups in total. The average Bonchev–Trinajstić information content (AvgIpc) is 2.55. The number of carbonyl (C=O) groups excluding carboxylic acids is 1. The second-order valence-corrected chi connectivity index (χ2v) is 2.48. The highest BCUT2D eigenvalue weighted by atomic mass is 16.5. The first-order valence-corrected chi connectivity index (χ1v) is 3.57. The van der Waals surface area contributed by atoms with Crippen molar-refractivity contribution in [3.63, 3.8) is 0 Å². The predicted octanol–water partition coefficient (Wildman–Crippen LogP) is 0.774. The van der Waals surface area contributed by atoms with Crippen molar-refractivity contribution >= 4 is 5.97 Å². The number of hydrogen-bond donors (Lipinski definition) is 0. The standard InChI is InChI=1S/C8H8O3/c9-8-4-6(5-11-8)7-2-1-3-10-7/h2,4H,1,3,5H2. The Morgan fingerprint density at radius 1 is 1.36 bits per heavy atom. The van der Waals surface area contributed by atoms with Crippen LogP contribution in [-0.4, -0.2) is 19.2 Å². The van der Waals surface area contributed by atoms with Crippen LogP contribution in [0.2, 0.25) is 0 Å². The highest BCUT2D eigenvalue weighted by Gasteiger charge is 2.19. The Kier molecular flexibility index (Phi) is 1.42. The topological polar surface area (TPSA) is 35.5 Å². The van der Waals surface area contributed by atoms with Crippen LogP contribution in [0, 0.1) is 0 Å². The molecular formula is C8H8O3. The summed E-state index contributed by atoms with van der Waals surface area (Å²) in [6.45, 7) is 1.09. The van der Waals surface area contributed by atoms with Crippen molar-refractivity contribution in [1.29, 1.82) is 0 Å². The second kappa shape index (κ2) is 2.42. The summed E-state index contributed by atoms with van der Waals surface area (Å²) in [6, 6.07) is 0. The van der Waals surface area contributed by atoms with Gasteiger partial charge in [-0.05, 0) is 6.08 Å². The summed E-state index contributed by atoms with van der Waals surface area (Å²) in [5.74, 6) is 0.548. The van der Waals surface area contributed by atoms with E-state index in [0.29, 0.717) is 6.61 Å². The summed E-state index contributed by atoms with van der Waals surface area (Å²) >= 11 is 0. The van der Waals surface area contributed by atoms with Gasteiger partial charge in [0.05, 0.1) is 6.61 Å². The van der Waals surface area contributed by atoms with E-state index in [2.05, 4.69) is 0 Å². The van der Waals surface area contributed by atoms with Crippen molar-refractivity contribution in [1.82, 2.24) is 0 Å². The molecule has 0 aliphatic carbocycles. The maximum Gasteiger partial charge on any atom is 0.331 e. The zero-order valence-electron chi connectivity index (χ0n) is 6.00. The molecule has 2 aliphatic heterocycles. The largest absolute Gasteiger partial charge is 0.493 e. The maximum atomic E-state index is 10.6. The highest BCUT2D eigenvalue weighted by Crippen LogP contribution is 2.21. The number of carbonyl (C=O) groups is 1. The van der Waals surface area contributed by atoms with Crippen LogP contribution in [0.15, 0.2) is 23.5 Å². The molecule has 0 saturated carbocycles. The number of hydrogen-bond acceptors (Lipinski definition) is 3. The molecule has 0 atom stereocenters. The zero-order chi connectivity index (χ0) is 7.68. The van der Waals surface area contributed by atoms with Crippen LogP contribution in [0.3, 0.4) is 0 Å². The third kappa shape index (κ3) is 1.13. The molecule has 0 aromatic carbocycles. The van der Waals surface area contributed by atoms with Gasteiger partial charge in [0.2, 0.25) is 0 Å². The minimum Gasteiger partial charge on any atom is -0.493 e. The van der Waals surface area contributed by atoms with E-state index in [0.717, 1.165) is 24.4 Å². The zero-order valence-corrected chi connectivity index (χ0v) is 6.00. The first-order chi connectivity index (χ1) is 5.36. The first kappa shape index (κ1) is 6.46. The monoisotopic (exact) mass is 152 g/mol. The summed E-state index contributed by atoms with van der Waals surface area (Å²) in [5.41, 5.74) is 0.868. The molecule has 58 valence electrons. The smallest absolute Gasteiger partial charge is 0.331 e. The van der Waals surface area contributed by atoms with Crippen LogP contribution < -0.4 is 0 Å². The van der Waals surface area contributed by atoms with Gasteiger partial charge >= 0.3 is 5.97 Å². The summed E-state index contributed by atoms with van der Waals surface area (Å²) in [7, 11) is 0. The molecule has 11 heavy (non-hydrogen) atoms. The first-order valence-electron chi connectivity index (χ1n) is 3.57. The van der Waals surface area contributed by atoms with Crippen molar-refractivity contribution in [3.8, 4) is 0 Å². The predicted molar refractivity (Wildman–Crippen MR) is 37.7 cm³/mol. The minimum atomic E-state index is -0.267. The van der Waals surface area contributed by atoms with Crippen molar-refractivity contribution in [3.05, 3.63) is 23.5 Å². The molecule has 0 spiro atoms. The van der Waals surface area contributed by atoms with E-state index in [9.17, 15) is 4.79 Å². The summed E-state index contributed by atoms with van der Waals surface area (Å²) in [6.07, 6.45) is 4.39. The molecule has 2 rings (SSSR count). The minimum absolute atomic E-state index is 0.267. The third-order valence-corrected chi connectivity index (χ3v) is 1.68. The van der Waals surface area contributed by atoms with Crippen LogP contribution in [0.5, 0.6) is 0 Å². The lowest BCUT2D eigenvalue weighted by Crippen LogP contribution is -1.94. The maximum absolute atomic E-state index is 10.6. The van der Waals surface area contributed by atoms with Crippen molar-refractivity contribution in [2.24, 2.45) is 0 Å². The van der Waals surface area contributed by atoms with Crippen molar-refractivity contribution in [2.75, 3.05) is 13.2 Å². The van der Waals surface area contributed by atoms with Crippen LogP contribution in [0.4, 0.5) is 0 Å². The normalized spacial score (nSPS) is 22.4. The Morgan fingerprint density at radius 3 is 2.82 bits per heavy atom. The van der Waals surface area contributed by atoms with Gasteiger partial charge in [0, 0.05) is 18.1 Å². The van der Waals surface area contributed by atoms with E-state index in [1.54, 1.807) is 0 Å². The molecule has 0 saturated heterocycles. The number of esters is 1. The Bertz CT molecular complexity index is 250. The van der Waals surface area contributed by atoms with E-state index in [1.165, 1.54) is 6.08 Å². The van der Waals surface area contributed by atoms with Crippen molar-refractivity contribution < 1.29 is 14.3 Å². The average molecular weight is 152 g/mol. The Morgan fingerprint density at radius 2 is 2.27 bits per heavy atom. The van der Waals surface area contributed by atoms with Gasteiger partial charge in [0.25, 0.3) is 0 Å². The summed E-state index contributed by atoms with van der Waals surface area (Å²) in [4.78, 5) is 10.6. The molecule has 3 heteroatoms. The van der Waals surface area contributed by atoms with E-state index in [1.807, 2.05) is 6.08 Å². The van der Waals surface area contributed by atoms with Crippen LogP contribution in [0.1, 0.15) is 6.42 Å². The molecular weight excluding hydrogens is 144 g/mol. The fraction of sp³-hybridized carbons (Fsp3) is 0.375. The lowest BCUT2D eigenvalue weighted by atomic mass is 10.2. The molecule has 0 radical (unpaired) electrons. The molecule has 0 aromatic rings. The molecule has 0 bridgehead atoms. The molecule has 3 nitrogen and oxygen atoms in total. The van der Waals surface area contributed by atoms with Crippen molar-refractivity contribution in [2.45, 2.75) is 6.42 Å². The second-order valence-electron chi connectivity index (χ2n) is 2.48. The molecule has 0 aromatic heterocycles. The van der Waals surface area contributed by atoms with Crippen LogP contribution >= 0.6 is 0 Å². The quantitative estimate of drug-likeness (QED) is 0.521. The van der Waals surface area contributed by atoms with Gasteiger partial charge in [0.15, 0.2) is 0 Å². The molecule has 2 heterocycles. The van der Waals surface area contributed by atoms with E-state index in [-0.39, 0.29) is 5.97 Å². The Labute approximate surface area is 64.3 Å². The summed E-state index contributed by atoms with van der Waals surface area (Å²) in [5, 5.41) is 0. The van der Waals surface area contributed by atoms with E-state index < -0.39 is 0 Å². The van der Waals surface area contributed by atoms with Gasteiger partial charge in [-0.1, -0.05) is 0 Å². The fourth-order valence-electron chi connectivity index (χ4n) is 1.16. The Balaban J connectivity index is 2.16.